The van der Waals surface area contributed by atoms with Crippen LogP contribution >= 0.6 is 0 Å². The fraction of sp³-hybridized carbons (Fsp3) is 0.211. The summed E-state index contributed by atoms with van der Waals surface area (Å²) in [6.07, 6.45) is -0.303. The number of carbonyl (C=O) groups is 1. The molecule has 126 valence electrons. The van der Waals surface area contributed by atoms with Gasteiger partial charge in [-0.15, -0.1) is 0 Å². The molecule has 2 heterocycles. The molecule has 1 aromatic heterocycles. The molecule has 1 fully saturated rings. The maximum atomic E-state index is 11.8. The number of nitrogens with zero attached hydrogens (tertiary/aromatic N) is 4. The number of ether oxygens (including phenoxy) is 1. The second-order valence-electron chi connectivity index (χ2n) is 5.96. The normalized spacial score (nSPS) is 15.0. The second kappa shape index (κ2) is 6.05. The number of aryl methyl sites for hydroxylation is 1. The number of amides is 1. The monoisotopic (exact) mass is 334 g/mol. The summed E-state index contributed by atoms with van der Waals surface area (Å²) in [6, 6.07) is 15.7. The molecular formula is C19H18N4O2. The van der Waals surface area contributed by atoms with E-state index in [4.69, 9.17) is 9.84 Å². The summed E-state index contributed by atoms with van der Waals surface area (Å²) in [5.74, 6) is 0.833. The quantitative estimate of drug-likeness (QED) is 0.688. The van der Waals surface area contributed by atoms with Crippen molar-refractivity contribution >= 4 is 28.5 Å². The Morgan fingerprint density at radius 1 is 1.20 bits per heavy atom. The molecule has 0 bridgehead atoms. The highest BCUT2D eigenvalue weighted by molar-refractivity contribution is 6.00. The van der Waals surface area contributed by atoms with E-state index in [1.807, 2.05) is 67.1 Å². The van der Waals surface area contributed by atoms with Crippen molar-refractivity contribution in [2.75, 3.05) is 18.1 Å². The summed E-state index contributed by atoms with van der Waals surface area (Å²) in [5.41, 5.74) is 4.51. The van der Waals surface area contributed by atoms with Gasteiger partial charge in [0.1, 0.15) is 12.4 Å². The molecule has 6 nitrogen and oxygen atoms in total. The number of rotatable bonds is 3. The Bertz CT molecular complexity index is 990. The summed E-state index contributed by atoms with van der Waals surface area (Å²) >= 11 is 0. The predicted molar refractivity (Wildman–Crippen MR) is 97.2 cm³/mol. The van der Waals surface area contributed by atoms with Gasteiger partial charge in [0.2, 0.25) is 0 Å². The van der Waals surface area contributed by atoms with Crippen molar-refractivity contribution < 1.29 is 9.53 Å². The average molecular weight is 334 g/mol. The molecule has 0 aliphatic carbocycles. The topological polar surface area (TPSA) is 59.7 Å². The Hall–Kier alpha value is -3.15. The number of hydrogen-bond donors (Lipinski definition) is 0. The fourth-order valence-corrected chi connectivity index (χ4v) is 2.99. The van der Waals surface area contributed by atoms with E-state index >= 15 is 0 Å². The van der Waals surface area contributed by atoms with Gasteiger partial charge in [-0.2, -0.15) is 5.10 Å². The Kier molecular flexibility index (Phi) is 3.72. The summed E-state index contributed by atoms with van der Waals surface area (Å²) in [4.78, 5) is 17.9. The highest BCUT2D eigenvalue weighted by atomic mass is 16.6. The number of para-hydroxylation sites is 2. The van der Waals surface area contributed by atoms with Gasteiger partial charge in [-0.1, -0.05) is 24.3 Å². The van der Waals surface area contributed by atoms with Gasteiger partial charge in [0.05, 0.1) is 23.3 Å². The lowest BCUT2D eigenvalue weighted by Crippen LogP contribution is -2.23. The largest absolute Gasteiger partial charge is 0.447 e. The van der Waals surface area contributed by atoms with Crippen LogP contribution in [0.3, 0.4) is 0 Å². The van der Waals surface area contributed by atoms with Crippen LogP contribution in [0.5, 0.6) is 0 Å². The maximum absolute atomic E-state index is 11.8. The summed E-state index contributed by atoms with van der Waals surface area (Å²) in [6.45, 7) is 4.89. The molecule has 1 saturated heterocycles. The van der Waals surface area contributed by atoms with E-state index in [1.54, 1.807) is 4.90 Å². The zero-order valence-corrected chi connectivity index (χ0v) is 14.1. The summed E-state index contributed by atoms with van der Waals surface area (Å²) < 4.78 is 6.86. The Morgan fingerprint density at radius 2 is 2.04 bits per heavy atom. The van der Waals surface area contributed by atoms with Gasteiger partial charge in [0.25, 0.3) is 0 Å². The lowest BCUT2D eigenvalue weighted by Gasteiger charge is -2.14. The van der Waals surface area contributed by atoms with Crippen LogP contribution in [-0.2, 0) is 4.74 Å². The minimum absolute atomic E-state index is 0.303. The second-order valence-corrected chi connectivity index (χ2v) is 5.96. The first-order chi connectivity index (χ1) is 12.1. The smallest absolute Gasteiger partial charge is 0.414 e. The molecule has 0 radical (unpaired) electrons. The van der Waals surface area contributed by atoms with E-state index in [-0.39, 0.29) is 6.09 Å². The average Bonchev–Trinajstić information content (AvgIpc) is 3.18. The third kappa shape index (κ3) is 2.76. The van der Waals surface area contributed by atoms with Gasteiger partial charge in [-0.3, -0.25) is 4.90 Å². The van der Waals surface area contributed by atoms with Crippen molar-refractivity contribution in [2.24, 2.45) is 5.10 Å². The van der Waals surface area contributed by atoms with Crippen LogP contribution < -0.4 is 4.90 Å². The number of cyclic esters (lactones) is 1. The maximum Gasteiger partial charge on any atom is 0.414 e. The molecule has 1 amide bonds. The van der Waals surface area contributed by atoms with Crippen molar-refractivity contribution in [3.63, 3.8) is 0 Å². The summed E-state index contributed by atoms with van der Waals surface area (Å²) in [7, 11) is 0. The molecule has 0 N–H and O–H groups in total. The van der Waals surface area contributed by atoms with E-state index in [0.717, 1.165) is 33.8 Å². The molecule has 1 aliphatic rings. The molecule has 4 rings (SSSR count). The number of aromatic nitrogens is 2. The standard InChI is InChI=1S/C19H18N4O2/c1-13(21-23-14(2)20-17-8-3-4-9-18(17)23)15-6-5-7-16(12-15)22-10-11-25-19(22)24/h3-9,12H,10-11H2,1-2H3/b21-13+. The Morgan fingerprint density at radius 3 is 2.84 bits per heavy atom. The first-order valence-electron chi connectivity index (χ1n) is 8.18. The van der Waals surface area contributed by atoms with Gasteiger partial charge in [0, 0.05) is 5.69 Å². The minimum atomic E-state index is -0.303. The van der Waals surface area contributed by atoms with E-state index in [1.165, 1.54) is 0 Å². The molecule has 0 atom stereocenters. The zero-order chi connectivity index (χ0) is 17.4. The van der Waals surface area contributed by atoms with Crippen LogP contribution in [0.15, 0.2) is 53.6 Å². The molecule has 0 saturated carbocycles. The highest BCUT2D eigenvalue weighted by Gasteiger charge is 2.23. The van der Waals surface area contributed by atoms with Crippen LogP contribution in [0.4, 0.5) is 10.5 Å². The number of imidazole rings is 1. The predicted octanol–water partition coefficient (Wildman–Crippen LogP) is 3.57. The van der Waals surface area contributed by atoms with E-state index < -0.39 is 0 Å². The molecule has 0 spiro atoms. The highest BCUT2D eigenvalue weighted by Crippen LogP contribution is 2.21. The van der Waals surface area contributed by atoms with Crippen LogP contribution in [0.2, 0.25) is 0 Å². The van der Waals surface area contributed by atoms with Crippen LogP contribution in [0.1, 0.15) is 18.3 Å². The van der Waals surface area contributed by atoms with Gasteiger partial charge >= 0.3 is 6.09 Å². The number of carbonyl (C=O) groups excluding carboxylic acids is 1. The number of fused-ring (bicyclic) bond motifs is 1. The van der Waals surface area contributed by atoms with Crippen molar-refractivity contribution in [1.29, 1.82) is 0 Å². The van der Waals surface area contributed by atoms with Crippen LogP contribution in [-0.4, -0.2) is 34.6 Å². The molecule has 25 heavy (non-hydrogen) atoms. The van der Waals surface area contributed by atoms with Crippen molar-refractivity contribution in [2.45, 2.75) is 13.8 Å². The van der Waals surface area contributed by atoms with Crippen molar-refractivity contribution in [3.05, 3.63) is 59.9 Å². The van der Waals surface area contributed by atoms with E-state index in [2.05, 4.69) is 4.98 Å². The van der Waals surface area contributed by atoms with Gasteiger partial charge < -0.3 is 4.74 Å². The number of hydrogen-bond acceptors (Lipinski definition) is 4. The molecule has 2 aromatic carbocycles. The Labute approximate surface area is 145 Å². The van der Waals surface area contributed by atoms with Gasteiger partial charge in [-0.05, 0) is 43.7 Å². The fourth-order valence-electron chi connectivity index (χ4n) is 2.99. The van der Waals surface area contributed by atoms with Crippen molar-refractivity contribution in [3.8, 4) is 0 Å². The lowest BCUT2D eigenvalue weighted by molar-refractivity contribution is 0.181. The van der Waals surface area contributed by atoms with E-state index in [0.29, 0.717) is 13.2 Å². The van der Waals surface area contributed by atoms with Crippen LogP contribution in [0.25, 0.3) is 11.0 Å². The van der Waals surface area contributed by atoms with E-state index in [9.17, 15) is 4.79 Å². The molecule has 3 aromatic rings. The summed E-state index contributed by atoms with van der Waals surface area (Å²) in [5, 5.41) is 4.74. The third-order valence-electron chi connectivity index (χ3n) is 4.29. The Balaban J connectivity index is 1.73. The van der Waals surface area contributed by atoms with Crippen LogP contribution in [0, 0.1) is 6.92 Å². The minimum Gasteiger partial charge on any atom is -0.447 e. The SMILES string of the molecule is C/C(=N\n1c(C)nc2ccccc21)c1cccc(N2CCOC2=O)c1. The zero-order valence-electron chi connectivity index (χ0n) is 14.1. The first kappa shape index (κ1) is 15.4. The van der Waals surface area contributed by atoms with Crippen molar-refractivity contribution in [1.82, 2.24) is 9.66 Å². The lowest BCUT2D eigenvalue weighted by atomic mass is 10.1. The van der Waals surface area contributed by atoms with Gasteiger partial charge in [0.15, 0.2) is 0 Å². The molecule has 0 unspecified atom stereocenters. The number of anilines is 1. The molecule has 1 aliphatic heterocycles. The first-order valence-corrected chi connectivity index (χ1v) is 8.18. The molecule has 6 heteroatoms. The number of benzene rings is 2. The van der Waals surface area contributed by atoms with Gasteiger partial charge in [-0.25, -0.2) is 14.5 Å². The molecular weight excluding hydrogens is 316 g/mol. The third-order valence-corrected chi connectivity index (χ3v) is 4.29.